The van der Waals surface area contributed by atoms with Crippen molar-refractivity contribution in [2.24, 2.45) is 5.92 Å². The molecule has 1 heterocycles. The van der Waals surface area contributed by atoms with Gasteiger partial charge in [-0.3, -0.25) is 4.79 Å². The lowest BCUT2D eigenvalue weighted by atomic mass is 10.0. The highest BCUT2D eigenvalue weighted by Crippen LogP contribution is 2.41. The van der Waals surface area contributed by atoms with Crippen molar-refractivity contribution in [2.75, 3.05) is 13.7 Å². The molecule has 1 atom stereocenters. The van der Waals surface area contributed by atoms with Crippen LogP contribution in [-0.4, -0.2) is 19.6 Å². The molecule has 0 bridgehead atoms. The molecule has 4 nitrogen and oxygen atoms in total. The summed E-state index contributed by atoms with van der Waals surface area (Å²) in [5.74, 6) is 1.41. The normalized spacial score (nSPS) is 16.8. The van der Waals surface area contributed by atoms with Crippen LogP contribution in [0.4, 0.5) is 4.39 Å². The third-order valence-electron chi connectivity index (χ3n) is 4.83. The first-order valence-corrected chi connectivity index (χ1v) is 8.72. The van der Waals surface area contributed by atoms with Crippen LogP contribution in [0.2, 0.25) is 0 Å². The van der Waals surface area contributed by atoms with Gasteiger partial charge in [0.05, 0.1) is 18.7 Å². The Morgan fingerprint density at radius 3 is 2.69 bits per heavy atom. The van der Waals surface area contributed by atoms with Gasteiger partial charge < -0.3 is 14.8 Å². The number of halogens is 1. The molecule has 0 aromatic heterocycles. The number of carbonyl (C=O) groups is 1. The maximum atomic E-state index is 13.2. The highest BCUT2D eigenvalue weighted by atomic mass is 19.1. The summed E-state index contributed by atoms with van der Waals surface area (Å²) in [5, 5.41) is 3.10. The molecule has 1 aliphatic heterocycles. The number of carbonyl (C=O) groups excluding carboxylic acids is 1. The average Bonchev–Trinajstić information content (AvgIpc) is 3.51. The second-order valence-electron chi connectivity index (χ2n) is 6.70. The maximum Gasteiger partial charge on any atom is 0.251 e. The van der Waals surface area contributed by atoms with E-state index in [1.54, 1.807) is 19.2 Å². The van der Waals surface area contributed by atoms with Crippen LogP contribution in [0.3, 0.4) is 0 Å². The van der Waals surface area contributed by atoms with Gasteiger partial charge >= 0.3 is 0 Å². The predicted octanol–water partition coefficient (Wildman–Crippen LogP) is 3.88. The summed E-state index contributed by atoms with van der Waals surface area (Å²) in [6.07, 6.45) is 3.99. The predicted molar refractivity (Wildman–Crippen MR) is 96.5 cm³/mol. The van der Waals surface area contributed by atoms with Gasteiger partial charge in [-0.25, -0.2) is 4.39 Å². The van der Waals surface area contributed by atoms with E-state index in [4.69, 9.17) is 9.47 Å². The van der Waals surface area contributed by atoms with Crippen molar-refractivity contribution in [1.82, 2.24) is 5.32 Å². The van der Waals surface area contributed by atoms with E-state index >= 15 is 0 Å². The van der Waals surface area contributed by atoms with Crippen LogP contribution in [0.5, 0.6) is 11.5 Å². The number of benzene rings is 2. The molecule has 134 valence electrons. The highest BCUT2D eigenvalue weighted by Gasteiger charge is 2.34. The van der Waals surface area contributed by atoms with E-state index in [2.05, 4.69) is 5.32 Å². The fourth-order valence-corrected chi connectivity index (χ4v) is 3.21. The summed E-state index contributed by atoms with van der Waals surface area (Å²) < 4.78 is 24.1. The summed E-state index contributed by atoms with van der Waals surface area (Å²) in [5.41, 5.74) is 2.37. The lowest BCUT2D eigenvalue weighted by Crippen LogP contribution is -2.33. The lowest BCUT2D eigenvalue weighted by molar-refractivity contribution is -0.118. The van der Waals surface area contributed by atoms with E-state index in [1.165, 1.54) is 12.1 Å². The quantitative estimate of drug-likeness (QED) is 0.887. The molecule has 1 amide bonds. The van der Waals surface area contributed by atoms with Crippen molar-refractivity contribution in [3.05, 3.63) is 65.0 Å². The first kappa shape index (κ1) is 16.6. The van der Waals surface area contributed by atoms with E-state index in [0.717, 1.165) is 29.7 Å². The van der Waals surface area contributed by atoms with Gasteiger partial charge in [-0.15, -0.1) is 0 Å². The van der Waals surface area contributed by atoms with Crippen molar-refractivity contribution in [3.63, 3.8) is 0 Å². The third-order valence-corrected chi connectivity index (χ3v) is 4.83. The molecule has 1 unspecified atom stereocenters. The Kier molecular flexibility index (Phi) is 4.37. The van der Waals surface area contributed by atoms with Gasteiger partial charge in [0.25, 0.3) is 5.91 Å². The van der Waals surface area contributed by atoms with Crippen molar-refractivity contribution in [1.29, 1.82) is 0 Å². The highest BCUT2D eigenvalue weighted by molar-refractivity contribution is 5.99. The Bertz CT molecular complexity index is 856. The molecule has 5 heteroatoms. The van der Waals surface area contributed by atoms with Crippen LogP contribution in [-0.2, 0) is 4.79 Å². The number of fused-ring (bicyclic) bond motifs is 1. The van der Waals surface area contributed by atoms with E-state index in [-0.39, 0.29) is 24.4 Å². The van der Waals surface area contributed by atoms with E-state index in [0.29, 0.717) is 17.2 Å². The van der Waals surface area contributed by atoms with Gasteiger partial charge in [0.1, 0.15) is 23.9 Å². The molecule has 2 aliphatic rings. The Hall–Kier alpha value is -2.82. The number of amides is 1. The monoisotopic (exact) mass is 353 g/mol. The van der Waals surface area contributed by atoms with Gasteiger partial charge in [0.2, 0.25) is 0 Å². The molecule has 26 heavy (non-hydrogen) atoms. The van der Waals surface area contributed by atoms with Crippen molar-refractivity contribution in [2.45, 2.75) is 18.9 Å². The zero-order valence-corrected chi connectivity index (χ0v) is 14.5. The topological polar surface area (TPSA) is 47.6 Å². The molecule has 1 N–H and O–H groups in total. The second-order valence-corrected chi connectivity index (χ2v) is 6.70. The molecule has 0 saturated heterocycles. The molecular weight excluding hydrogens is 333 g/mol. The molecule has 1 aliphatic carbocycles. The van der Waals surface area contributed by atoms with Gasteiger partial charge in [0, 0.05) is 11.6 Å². The Morgan fingerprint density at radius 2 is 2.00 bits per heavy atom. The van der Waals surface area contributed by atoms with Crippen LogP contribution in [0.25, 0.3) is 6.08 Å². The molecule has 0 spiro atoms. The fraction of sp³-hybridized carbons (Fsp3) is 0.286. The summed E-state index contributed by atoms with van der Waals surface area (Å²) in [4.78, 5) is 12.8. The molecule has 2 aromatic carbocycles. The van der Waals surface area contributed by atoms with E-state index in [9.17, 15) is 9.18 Å². The first-order chi connectivity index (χ1) is 12.6. The first-order valence-electron chi connectivity index (χ1n) is 8.72. The summed E-state index contributed by atoms with van der Waals surface area (Å²) >= 11 is 0. The zero-order valence-electron chi connectivity index (χ0n) is 14.5. The van der Waals surface area contributed by atoms with Gasteiger partial charge in [-0.1, -0.05) is 12.1 Å². The average molecular weight is 353 g/mol. The van der Waals surface area contributed by atoms with Crippen LogP contribution in [0, 0.1) is 11.7 Å². The van der Waals surface area contributed by atoms with Crippen molar-refractivity contribution < 1.29 is 18.7 Å². The number of ether oxygens (including phenoxy) is 2. The van der Waals surface area contributed by atoms with Crippen LogP contribution in [0.15, 0.2) is 48.0 Å². The van der Waals surface area contributed by atoms with Gasteiger partial charge in [-0.05, 0) is 54.7 Å². The Balaban J connectivity index is 1.53. The summed E-state index contributed by atoms with van der Waals surface area (Å²) in [6, 6.07) is 11.8. The minimum atomic E-state index is -0.273. The molecule has 1 saturated carbocycles. The third kappa shape index (κ3) is 3.43. The Labute approximate surface area is 151 Å². The number of nitrogens with one attached hydrogen (secondary N) is 1. The number of methoxy groups -OCH3 is 1. The molecule has 4 rings (SSSR count). The van der Waals surface area contributed by atoms with E-state index < -0.39 is 0 Å². The lowest BCUT2D eigenvalue weighted by Gasteiger charge is -2.22. The van der Waals surface area contributed by atoms with E-state index in [1.807, 2.05) is 24.3 Å². The Morgan fingerprint density at radius 1 is 1.23 bits per heavy atom. The zero-order chi connectivity index (χ0) is 18.1. The molecule has 2 aromatic rings. The smallest absolute Gasteiger partial charge is 0.251 e. The molecule has 1 fully saturated rings. The van der Waals surface area contributed by atoms with Crippen LogP contribution in [0.1, 0.15) is 30.0 Å². The number of rotatable bonds is 5. The van der Waals surface area contributed by atoms with Crippen molar-refractivity contribution >= 4 is 12.0 Å². The van der Waals surface area contributed by atoms with Gasteiger partial charge in [-0.2, -0.15) is 0 Å². The fourth-order valence-electron chi connectivity index (χ4n) is 3.21. The standard InChI is InChI=1S/C21H20FNO3/c1-25-18-9-6-15-10-16(12-26-19(15)11-18)21(24)23-20(13-2-3-13)14-4-7-17(22)8-5-14/h4-11,13,20H,2-3,12H2,1H3,(H,23,24). The number of hydrogen-bond donors (Lipinski definition) is 1. The largest absolute Gasteiger partial charge is 0.497 e. The molecular formula is C21H20FNO3. The summed E-state index contributed by atoms with van der Waals surface area (Å²) in [6.45, 7) is 0.215. The minimum absolute atomic E-state index is 0.0961. The minimum Gasteiger partial charge on any atom is -0.497 e. The summed E-state index contributed by atoms with van der Waals surface area (Å²) in [7, 11) is 1.60. The number of hydrogen-bond acceptors (Lipinski definition) is 3. The van der Waals surface area contributed by atoms with Crippen LogP contribution >= 0.6 is 0 Å². The maximum absolute atomic E-state index is 13.2. The van der Waals surface area contributed by atoms with Gasteiger partial charge in [0.15, 0.2) is 0 Å². The molecule has 0 radical (unpaired) electrons. The SMILES string of the molecule is COc1ccc2c(c1)OCC(C(=O)NC(c1ccc(F)cc1)C1CC1)=C2. The van der Waals surface area contributed by atoms with Crippen molar-refractivity contribution in [3.8, 4) is 11.5 Å². The van der Waals surface area contributed by atoms with Crippen LogP contribution < -0.4 is 14.8 Å². The second kappa shape index (κ2) is 6.83.